The molecule has 2 aliphatic rings. The molecule has 0 aromatic carbocycles. The molecule has 1 saturated heterocycles. The zero-order valence-corrected chi connectivity index (χ0v) is 9.79. The number of hydrogen-bond acceptors (Lipinski definition) is 4. The lowest BCUT2D eigenvalue weighted by atomic mass is 9.68. The van der Waals surface area contributed by atoms with Gasteiger partial charge in [0.05, 0.1) is 19.0 Å². The number of nitrogens with one attached hydrogen (secondary N) is 1. The van der Waals surface area contributed by atoms with Crippen LogP contribution < -0.4 is 4.72 Å². The van der Waals surface area contributed by atoms with Crippen molar-refractivity contribution in [3.05, 3.63) is 0 Å². The van der Waals surface area contributed by atoms with E-state index in [1.165, 1.54) is 6.26 Å². The molecule has 1 heterocycles. The Hall–Kier alpha value is -0.170. The van der Waals surface area contributed by atoms with E-state index in [2.05, 4.69) is 4.72 Å². The first kappa shape index (κ1) is 11.3. The number of rotatable bonds is 4. The molecular weight excluding hydrogens is 218 g/mol. The maximum Gasteiger partial charge on any atom is 0.208 e. The summed E-state index contributed by atoms with van der Waals surface area (Å²) in [7, 11) is -1.51. The van der Waals surface area contributed by atoms with Crippen molar-refractivity contribution in [3.8, 4) is 0 Å². The Morgan fingerprint density at radius 1 is 1.53 bits per heavy atom. The molecule has 0 aromatic rings. The summed E-state index contributed by atoms with van der Waals surface area (Å²) in [6.45, 7) is 1.28. The predicted molar refractivity (Wildman–Crippen MR) is 55.0 cm³/mol. The van der Waals surface area contributed by atoms with E-state index in [4.69, 9.17) is 9.47 Å². The van der Waals surface area contributed by atoms with Gasteiger partial charge in [-0.15, -0.1) is 0 Å². The van der Waals surface area contributed by atoms with Crippen LogP contribution in [0.15, 0.2) is 0 Å². The summed E-state index contributed by atoms with van der Waals surface area (Å²) in [5, 5.41) is 0. The van der Waals surface area contributed by atoms with Crippen LogP contribution in [0.5, 0.6) is 0 Å². The second-order valence-corrected chi connectivity index (χ2v) is 6.10. The van der Waals surface area contributed by atoms with Gasteiger partial charge in [-0.2, -0.15) is 0 Å². The first-order chi connectivity index (χ1) is 7.03. The quantitative estimate of drug-likeness (QED) is 0.719. The van der Waals surface area contributed by atoms with Gasteiger partial charge in [0.15, 0.2) is 0 Å². The van der Waals surface area contributed by atoms with Crippen LogP contribution in [0, 0.1) is 11.8 Å². The van der Waals surface area contributed by atoms with Crippen LogP contribution in [-0.4, -0.2) is 47.1 Å². The Morgan fingerprint density at radius 2 is 2.27 bits per heavy atom. The molecule has 2 rings (SSSR count). The largest absolute Gasteiger partial charge is 0.384 e. The highest BCUT2D eigenvalue weighted by Crippen LogP contribution is 2.43. The number of hydrogen-bond donors (Lipinski definition) is 1. The second-order valence-electron chi connectivity index (χ2n) is 4.32. The number of fused-ring (bicyclic) bond motifs is 1. The summed E-state index contributed by atoms with van der Waals surface area (Å²) in [6.07, 6.45) is 2.32. The molecule has 0 amide bonds. The van der Waals surface area contributed by atoms with Gasteiger partial charge < -0.3 is 9.47 Å². The van der Waals surface area contributed by atoms with Gasteiger partial charge in [-0.05, 0) is 6.42 Å². The first-order valence-corrected chi connectivity index (χ1v) is 7.00. The van der Waals surface area contributed by atoms with Crippen molar-refractivity contribution in [1.82, 2.24) is 4.72 Å². The van der Waals surface area contributed by atoms with Crippen molar-refractivity contribution in [2.45, 2.75) is 18.6 Å². The van der Waals surface area contributed by atoms with Crippen molar-refractivity contribution in [1.29, 1.82) is 0 Å². The summed E-state index contributed by atoms with van der Waals surface area (Å²) in [5.74, 6) is 0.497. The molecule has 1 saturated carbocycles. The number of methoxy groups -OCH3 is 1. The van der Waals surface area contributed by atoms with Gasteiger partial charge in [-0.1, -0.05) is 0 Å². The predicted octanol–water partition coefficient (Wildman–Crippen LogP) is -0.414. The average molecular weight is 235 g/mol. The lowest BCUT2D eigenvalue weighted by Gasteiger charge is -2.47. The number of sulfonamides is 1. The second kappa shape index (κ2) is 4.01. The van der Waals surface area contributed by atoms with Gasteiger partial charge in [-0.3, -0.25) is 0 Å². The molecule has 6 heteroatoms. The van der Waals surface area contributed by atoms with E-state index in [0.29, 0.717) is 12.5 Å². The van der Waals surface area contributed by atoms with E-state index in [9.17, 15) is 8.42 Å². The third-order valence-electron chi connectivity index (χ3n) is 3.24. The molecule has 0 bridgehead atoms. The van der Waals surface area contributed by atoms with Gasteiger partial charge in [0.2, 0.25) is 10.0 Å². The molecule has 5 nitrogen and oxygen atoms in total. The van der Waals surface area contributed by atoms with E-state index in [1.54, 1.807) is 7.11 Å². The summed E-state index contributed by atoms with van der Waals surface area (Å²) in [5.41, 5.74) is 0. The molecule has 0 spiro atoms. The summed E-state index contributed by atoms with van der Waals surface area (Å²) < 4.78 is 35.7. The molecule has 0 aromatic heterocycles. The van der Waals surface area contributed by atoms with Crippen LogP contribution in [0.3, 0.4) is 0 Å². The summed E-state index contributed by atoms with van der Waals surface area (Å²) in [4.78, 5) is 0. The Balaban J connectivity index is 2.02. The lowest BCUT2D eigenvalue weighted by Crippen LogP contribution is -2.62. The van der Waals surface area contributed by atoms with Crippen LogP contribution in [0.1, 0.15) is 6.42 Å². The fraction of sp³-hybridized carbons (Fsp3) is 1.00. The molecule has 0 unspecified atom stereocenters. The standard InChI is InChI=1S/C9H17NO4S/c1-13-5-7-8(10-15(2,11)12)6-3-4-14-9(6)7/h6-10H,3-5H2,1-2H3/t6-,7+,8-,9-/m0/s1. The van der Waals surface area contributed by atoms with Gasteiger partial charge in [0.25, 0.3) is 0 Å². The lowest BCUT2D eigenvalue weighted by molar-refractivity contribution is -0.0774. The van der Waals surface area contributed by atoms with E-state index in [0.717, 1.165) is 13.0 Å². The van der Waals surface area contributed by atoms with E-state index >= 15 is 0 Å². The normalized spacial score (nSPS) is 39.9. The van der Waals surface area contributed by atoms with Crippen LogP contribution in [0.2, 0.25) is 0 Å². The fourth-order valence-electron chi connectivity index (χ4n) is 2.64. The smallest absolute Gasteiger partial charge is 0.208 e. The van der Waals surface area contributed by atoms with Crippen molar-refractivity contribution in [3.63, 3.8) is 0 Å². The molecular formula is C9H17NO4S. The van der Waals surface area contributed by atoms with Crippen molar-refractivity contribution in [2.24, 2.45) is 11.8 Å². The van der Waals surface area contributed by atoms with Gasteiger partial charge >= 0.3 is 0 Å². The fourth-order valence-corrected chi connectivity index (χ4v) is 3.49. The van der Waals surface area contributed by atoms with Crippen LogP contribution in [0.25, 0.3) is 0 Å². The molecule has 2 fully saturated rings. The van der Waals surface area contributed by atoms with Gasteiger partial charge in [0, 0.05) is 31.6 Å². The first-order valence-electron chi connectivity index (χ1n) is 5.11. The van der Waals surface area contributed by atoms with E-state index < -0.39 is 10.0 Å². The molecule has 1 aliphatic heterocycles. The third kappa shape index (κ3) is 2.18. The molecule has 15 heavy (non-hydrogen) atoms. The molecule has 1 aliphatic carbocycles. The molecule has 0 radical (unpaired) electrons. The highest BCUT2D eigenvalue weighted by atomic mass is 32.2. The monoisotopic (exact) mass is 235 g/mol. The highest BCUT2D eigenvalue weighted by molar-refractivity contribution is 7.88. The van der Waals surface area contributed by atoms with E-state index in [1.807, 2.05) is 0 Å². The third-order valence-corrected chi connectivity index (χ3v) is 3.94. The SMILES string of the molecule is COC[C@@H]1[C@@H](NS(C)(=O)=O)[C@@H]2CCO[C@H]12. The van der Waals surface area contributed by atoms with Crippen molar-refractivity contribution < 1.29 is 17.9 Å². The van der Waals surface area contributed by atoms with Crippen LogP contribution in [0.4, 0.5) is 0 Å². The van der Waals surface area contributed by atoms with Gasteiger partial charge in [0.1, 0.15) is 0 Å². The molecule has 4 atom stereocenters. The Bertz CT molecular complexity index is 329. The minimum atomic E-state index is -3.14. The van der Waals surface area contributed by atoms with E-state index in [-0.39, 0.29) is 18.1 Å². The molecule has 88 valence electrons. The van der Waals surface area contributed by atoms with Gasteiger partial charge in [-0.25, -0.2) is 13.1 Å². The highest BCUT2D eigenvalue weighted by Gasteiger charge is 2.54. The zero-order chi connectivity index (χ0) is 11.1. The minimum absolute atomic E-state index is 0.00699. The Morgan fingerprint density at radius 3 is 2.87 bits per heavy atom. The van der Waals surface area contributed by atoms with Crippen LogP contribution in [-0.2, 0) is 19.5 Å². The minimum Gasteiger partial charge on any atom is -0.384 e. The maximum atomic E-state index is 11.2. The number of ether oxygens (including phenoxy) is 2. The zero-order valence-electron chi connectivity index (χ0n) is 8.97. The molecule has 1 N–H and O–H groups in total. The average Bonchev–Trinajstić information content (AvgIpc) is 2.54. The Kier molecular flexibility index (Phi) is 3.03. The van der Waals surface area contributed by atoms with Crippen LogP contribution >= 0.6 is 0 Å². The Labute approximate surface area is 90.2 Å². The van der Waals surface area contributed by atoms with Crippen molar-refractivity contribution in [2.75, 3.05) is 26.6 Å². The summed E-state index contributed by atoms with van der Waals surface area (Å²) >= 11 is 0. The summed E-state index contributed by atoms with van der Waals surface area (Å²) in [6, 6.07) is -0.00699. The maximum absolute atomic E-state index is 11.2. The van der Waals surface area contributed by atoms with Crippen molar-refractivity contribution >= 4 is 10.0 Å². The topological polar surface area (TPSA) is 64.6 Å².